The zero-order chi connectivity index (χ0) is 13.1. The minimum absolute atomic E-state index is 0.475. The van der Waals surface area contributed by atoms with Crippen molar-refractivity contribution in [2.75, 3.05) is 26.3 Å². The molecule has 0 bridgehead atoms. The lowest BCUT2D eigenvalue weighted by Gasteiger charge is -2.26. The number of carbonyl (C=O) groups excluding carboxylic acids is 1. The molecule has 0 saturated carbocycles. The molecule has 3 rings (SSSR count). The van der Waals surface area contributed by atoms with E-state index in [1.807, 2.05) is 24.4 Å². The molecule has 2 N–H and O–H groups in total. The zero-order valence-corrected chi connectivity index (χ0v) is 10.4. The van der Waals surface area contributed by atoms with Crippen LogP contribution in [0.25, 0.3) is 10.9 Å². The van der Waals surface area contributed by atoms with Gasteiger partial charge in [-0.25, -0.2) is 9.80 Å². The van der Waals surface area contributed by atoms with Crippen LogP contribution in [0.5, 0.6) is 5.75 Å². The van der Waals surface area contributed by atoms with Gasteiger partial charge in [-0.05, 0) is 24.3 Å². The second-order valence-electron chi connectivity index (χ2n) is 4.33. The Balaban J connectivity index is 1.61. The fourth-order valence-corrected chi connectivity index (χ4v) is 2.03. The van der Waals surface area contributed by atoms with Gasteiger partial charge in [-0.2, -0.15) is 0 Å². The fourth-order valence-electron chi connectivity index (χ4n) is 2.03. The molecular formula is C13H15N3O3. The maximum absolute atomic E-state index is 11.7. The number of carbonyl (C=O) groups is 1. The van der Waals surface area contributed by atoms with Gasteiger partial charge in [0.25, 0.3) is 0 Å². The van der Waals surface area contributed by atoms with Crippen LogP contribution in [0.2, 0.25) is 0 Å². The number of fused-ring (bicyclic) bond motifs is 1. The van der Waals surface area contributed by atoms with Crippen molar-refractivity contribution < 1.29 is 14.3 Å². The van der Waals surface area contributed by atoms with Crippen LogP contribution in [0.3, 0.4) is 0 Å². The minimum Gasteiger partial charge on any atom is -0.409 e. The second kappa shape index (κ2) is 5.29. The van der Waals surface area contributed by atoms with E-state index in [4.69, 9.17) is 9.47 Å². The Hall–Kier alpha value is -2.05. The monoisotopic (exact) mass is 261 g/mol. The molecule has 1 fully saturated rings. The summed E-state index contributed by atoms with van der Waals surface area (Å²) in [5.41, 5.74) is 3.71. The van der Waals surface area contributed by atoms with E-state index in [1.165, 1.54) is 0 Å². The summed E-state index contributed by atoms with van der Waals surface area (Å²) in [7, 11) is 0. The number of aromatic amines is 1. The molecule has 0 radical (unpaired) electrons. The highest BCUT2D eigenvalue weighted by molar-refractivity contribution is 5.81. The lowest BCUT2D eigenvalue weighted by atomic mass is 10.2. The van der Waals surface area contributed by atoms with Crippen LogP contribution in [0.4, 0.5) is 4.79 Å². The highest BCUT2D eigenvalue weighted by Gasteiger charge is 2.14. The first-order chi connectivity index (χ1) is 9.31. The maximum Gasteiger partial charge on any atom is 0.427 e. The molecule has 100 valence electrons. The van der Waals surface area contributed by atoms with E-state index < -0.39 is 6.09 Å². The minimum atomic E-state index is -0.475. The molecule has 6 nitrogen and oxygen atoms in total. The van der Waals surface area contributed by atoms with Gasteiger partial charge in [-0.1, -0.05) is 0 Å². The van der Waals surface area contributed by atoms with E-state index in [-0.39, 0.29) is 0 Å². The third kappa shape index (κ3) is 2.86. The predicted octanol–water partition coefficient (Wildman–Crippen LogP) is 1.50. The van der Waals surface area contributed by atoms with Gasteiger partial charge >= 0.3 is 6.09 Å². The number of morpholine rings is 1. The number of amides is 1. The van der Waals surface area contributed by atoms with Crippen molar-refractivity contribution in [2.24, 2.45) is 0 Å². The quantitative estimate of drug-likeness (QED) is 0.859. The lowest BCUT2D eigenvalue weighted by Crippen LogP contribution is -2.49. The molecule has 1 aliphatic heterocycles. The Kier molecular flexibility index (Phi) is 3.35. The smallest absolute Gasteiger partial charge is 0.409 e. The molecule has 1 aromatic carbocycles. The summed E-state index contributed by atoms with van der Waals surface area (Å²) in [5.74, 6) is 0.526. The lowest BCUT2D eigenvalue weighted by molar-refractivity contribution is 0.0153. The number of hydrogen-bond acceptors (Lipinski definition) is 4. The number of benzene rings is 1. The van der Waals surface area contributed by atoms with Crippen molar-refractivity contribution in [3.8, 4) is 5.75 Å². The highest BCUT2D eigenvalue weighted by atomic mass is 16.6. The van der Waals surface area contributed by atoms with Gasteiger partial charge in [0, 0.05) is 30.2 Å². The standard InChI is InChI=1S/C13H15N3O3/c17-13(15-16-5-7-18-8-6-16)19-11-1-2-12-10(9-11)3-4-14-12/h1-4,9,14H,5-8H2,(H,15,17). The SMILES string of the molecule is O=C(NN1CCOCC1)Oc1ccc2[nH]ccc2c1. The van der Waals surface area contributed by atoms with E-state index in [1.54, 1.807) is 11.1 Å². The van der Waals surface area contributed by atoms with Gasteiger partial charge in [0.1, 0.15) is 5.75 Å². The van der Waals surface area contributed by atoms with Crippen LogP contribution in [-0.4, -0.2) is 42.4 Å². The Morgan fingerprint density at radius 1 is 1.32 bits per heavy atom. The van der Waals surface area contributed by atoms with Crippen molar-refractivity contribution in [2.45, 2.75) is 0 Å². The highest BCUT2D eigenvalue weighted by Crippen LogP contribution is 2.19. The third-order valence-electron chi connectivity index (χ3n) is 3.00. The van der Waals surface area contributed by atoms with Crippen molar-refractivity contribution in [3.05, 3.63) is 30.5 Å². The molecule has 19 heavy (non-hydrogen) atoms. The predicted molar refractivity (Wildman–Crippen MR) is 69.9 cm³/mol. The number of H-pyrrole nitrogens is 1. The van der Waals surface area contributed by atoms with Crippen LogP contribution in [0.1, 0.15) is 0 Å². The normalized spacial score (nSPS) is 16.4. The number of hydrogen-bond donors (Lipinski definition) is 2. The van der Waals surface area contributed by atoms with E-state index in [0.717, 1.165) is 10.9 Å². The first-order valence-corrected chi connectivity index (χ1v) is 6.19. The average molecular weight is 261 g/mol. The van der Waals surface area contributed by atoms with E-state index in [2.05, 4.69) is 10.4 Å². The van der Waals surface area contributed by atoms with Crippen molar-refractivity contribution in [1.29, 1.82) is 0 Å². The maximum atomic E-state index is 11.7. The Labute approximate surface area is 110 Å². The molecule has 1 aliphatic rings. The molecule has 1 saturated heterocycles. The van der Waals surface area contributed by atoms with Crippen LogP contribution < -0.4 is 10.2 Å². The van der Waals surface area contributed by atoms with Gasteiger partial charge in [0.2, 0.25) is 0 Å². The van der Waals surface area contributed by atoms with Gasteiger partial charge in [0.15, 0.2) is 0 Å². The summed E-state index contributed by atoms with van der Waals surface area (Å²) in [6.45, 7) is 2.59. The summed E-state index contributed by atoms with van der Waals surface area (Å²) < 4.78 is 10.4. The largest absolute Gasteiger partial charge is 0.427 e. The van der Waals surface area contributed by atoms with Crippen molar-refractivity contribution in [1.82, 2.24) is 15.4 Å². The van der Waals surface area contributed by atoms with Crippen molar-refractivity contribution in [3.63, 3.8) is 0 Å². The molecule has 6 heteroatoms. The molecule has 0 aliphatic carbocycles. The van der Waals surface area contributed by atoms with Crippen molar-refractivity contribution >= 4 is 17.0 Å². The van der Waals surface area contributed by atoms with E-state index in [0.29, 0.717) is 32.1 Å². The number of rotatable bonds is 2. The summed E-state index contributed by atoms with van der Waals surface area (Å²) in [6.07, 6.45) is 1.37. The first-order valence-electron chi connectivity index (χ1n) is 6.19. The van der Waals surface area contributed by atoms with Crippen LogP contribution >= 0.6 is 0 Å². The molecule has 0 atom stereocenters. The molecule has 2 aromatic rings. The van der Waals surface area contributed by atoms with Crippen LogP contribution in [-0.2, 0) is 4.74 Å². The Bertz CT molecular complexity index is 575. The van der Waals surface area contributed by atoms with Crippen LogP contribution in [0.15, 0.2) is 30.5 Å². The molecule has 1 amide bonds. The number of ether oxygens (including phenoxy) is 2. The fraction of sp³-hybridized carbons (Fsp3) is 0.308. The first kappa shape index (κ1) is 12.0. The number of aromatic nitrogens is 1. The molecule has 2 heterocycles. The topological polar surface area (TPSA) is 66.6 Å². The summed E-state index contributed by atoms with van der Waals surface area (Å²) >= 11 is 0. The second-order valence-corrected chi connectivity index (χ2v) is 4.33. The zero-order valence-electron chi connectivity index (χ0n) is 10.4. The Morgan fingerprint density at radius 3 is 3.00 bits per heavy atom. The van der Waals surface area contributed by atoms with E-state index in [9.17, 15) is 4.79 Å². The van der Waals surface area contributed by atoms with E-state index >= 15 is 0 Å². The van der Waals surface area contributed by atoms with Crippen LogP contribution in [0, 0.1) is 0 Å². The molecule has 0 unspecified atom stereocenters. The summed E-state index contributed by atoms with van der Waals surface area (Å²) in [4.78, 5) is 14.8. The molecule has 1 aromatic heterocycles. The van der Waals surface area contributed by atoms with Gasteiger partial charge in [-0.15, -0.1) is 0 Å². The number of nitrogens with one attached hydrogen (secondary N) is 2. The molecular weight excluding hydrogens is 246 g/mol. The number of nitrogens with zero attached hydrogens (tertiary/aromatic N) is 1. The summed E-state index contributed by atoms with van der Waals surface area (Å²) in [6, 6.07) is 7.40. The molecule has 0 spiro atoms. The third-order valence-corrected chi connectivity index (χ3v) is 3.00. The van der Waals surface area contributed by atoms with Gasteiger partial charge < -0.3 is 14.5 Å². The number of hydrazine groups is 1. The Morgan fingerprint density at radius 2 is 2.16 bits per heavy atom. The van der Waals surface area contributed by atoms with Gasteiger partial charge in [-0.3, -0.25) is 5.43 Å². The summed E-state index contributed by atoms with van der Waals surface area (Å²) in [5, 5.41) is 2.80. The average Bonchev–Trinajstić information content (AvgIpc) is 2.87. The van der Waals surface area contributed by atoms with Gasteiger partial charge in [0.05, 0.1) is 13.2 Å².